The van der Waals surface area contributed by atoms with E-state index in [1.165, 1.54) is 5.54 Å². The highest BCUT2D eigenvalue weighted by molar-refractivity contribution is 7.82. The fourth-order valence-electron chi connectivity index (χ4n) is 2.18. The minimum Gasteiger partial charge on any atom is -0.321 e. The molecular formula is C19H21ClNO2P. The zero-order chi connectivity index (χ0) is 17.8. The molecule has 0 unspecified atom stereocenters. The Kier molecular flexibility index (Phi) is 5.69. The summed E-state index contributed by atoms with van der Waals surface area (Å²) in [6.45, 7) is 5.39. The van der Waals surface area contributed by atoms with E-state index in [-0.39, 0.29) is 11.3 Å². The number of carbonyl (C=O) groups excluding carboxylic acids is 1. The highest BCUT2D eigenvalue weighted by Gasteiger charge is 2.34. The fourth-order valence-corrected chi connectivity index (χ4v) is 5.08. The summed E-state index contributed by atoms with van der Waals surface area (Å²) in [5.41, 5.74) is 0.815. The standard InChI is InChI=1S/C19H21ClNO2P/c1-19(2,3)18(22)21-17(14-20)24(23,15-10-6-4-7-11-15)16-12-8-5-9-13-16/h4-14H,1-3H3,(H,21,22)/b17-14+. The van der Waals surface area contributed by atoms with Crippen LogP contribution >= 0.6 is 18.7 Å². The third-order valence-electron chi connectivity index (χ3n) is 3.60. The van der Waals surface area contributed by atoms with Gasteiger partial charge in [0.2, 0.25) is 5.91 Å². The zero-order valence-corrected chi connectivity index (χ0v) is 15.6. The Hall–Kier alpha value is -1.83. The highest BCUT2D eigenvalue weighted by atomic mass is 35.5. The first-order valence-corrected chi connectivity index (χ1v) is 9.78. The summed E-state index contributed by atoms with van der Waals surface area (Å²) in [5, 5.41) is 4.02. The first kappa shape index (κ1) is 18.5. The number of halogens is 1. The van der Waals surface area contributed by atoms with Crippen LogP contribution in [0, 0.1) is 5.41 Å². The van der Waals surface area contributed by atoms with Gasteiger partial charge < -0.3 is 9.88 Å². The van der Waals surface area contributed by atoms with Crippen LogP contribution in [0.25, 0.3) is 0 Å². The number of carbonyl (C=O) groups is 1. The van der Waals surface area contributed by atoms with Crippen molar-refractivity contribution in [3.8, 4) is 0 Å². The van der Waals surface area contributed by atoms with Crippen LogP contribution < -0.4 is 15.9 Å². The molecule has 5 heteroatoms. The van der Waals surface area contributed by atoms with Crippen molar-refractivity contribution in [2.45, 2.75) is 20.8 Å². The molecule has 0 aliphatic rings. The maximum Gasteiger partial charge on any atom is 0.229 e. The van der Waals surface area contributed by atoms with Crippen LogP contribution in [0.3, 0.4) is 0 Å². The van der Waals surface area contributed by atoms with Crippen molar-refractivity contribution in [2.75, 3.05) is 0 Å². The molecule has 2 rings (SSSR count). The zero-order valence-electron chi connectivity index (χ0n) is 14.0. The summed E-state index contributed by atoms with van der Waals surface area (Å²) in [6.07, 6.45) is 0. The third kappa shape index (κ3) is 3.80. The predicted octanol–water partition coefficient (Wildman–Crippen LogP) is 4.20. The molecule has 2 aromatic carbocycles. The van der Waals surface area contributed by atoms with Gasteiger partial charge in [0.05, 0.1) is 5.44 Å². The fraction of sp³-hybridized carbons (Fsp3) is 0.211. The molecule has 1 amide bonds. The highest BCUT2D eigenvalue weighted by Crippen LogP contribution is 2.50. The van der Waals surface area contributed by atoms with Gasteiger partial charge in [-0.25, -0.2) is 0 Å². The molecule has 0 saturated carbocycles. The largest absolute Gasteiger partial charge is 0.321 e. The smallest absolute Gasteiger partial charge is 0.229 e. The number of amides is 1. The Bertz CT molecular complexity index is 737. The van der Waals surface area contributed by atoms with Crippen LogP contribution in [0.5, 0.6) is 0 Å². The Labute approximate surface area is 148 Å². The van der Waals surface area contributed by atoms with E-state index in [0.717, 1.165) is 0 Å². The Morgan fingerprint density at radius 2 is 1.38 bits per heavy atom. The van der Waals surface area contributed by atoms with E-state index in [1.807, 2.05) is 36.4 Å². The summed E-state index contributed by atoms with van der Waals surface area (Å²) in [7, 11) is -3.26. The Morgan fingerprint density at radius 3 is 1.71 bits per heavy atom. The van der Waals surface area contributed by atoms with Gasteiger partial charge in [0.25, 0.3) is 0 Å². The van der Waals surface area contributed by atoms with Crippen LogP contribution in [0.15, 0.2) is 71.6 Å². The van der Waals surface area contributed by atoms with Crippen molar-refractivity contribution in [2.24, 2.45) is 5.41 Å². The van der Waals surface area contributed by atoms with E-state index >= 15 is 0 Å². The van der Waals surface area contributed by atoms with Crippen LogP contribution in [-0.4, -0.2) is 5.91 Å². The quantitative estimate of drug-likeness (QED) is 0.829. The van der Waals surface area contributed by atoms with Gasteiger partial charge in [0.15, 0.2) is 7.14 Å². The first-order valence-electron chi connectivity index (χ1n) is 7.64. The van der Waals surface area contributed by atoms with E-state index in [0.29, 0.717) is 10.6 Å². The van der Waals surface area contributed by atoms with Gasteiger partial charge >= 0.3 is 0 Å². The number of hydrogen-bond acceptors (Lipinski definition) is 2. The van der Waals surface area contributed by atoms with Gasteiger partial charge in [-0.1, -0.05) is 93.0 Å². The average molecular weight is 362 g/mol. The maximum absolute atomic E-state index is 14.0. The van der Waals surface area contributed by atoms with E-state index in [2.05, 4.69) is 5.32 Å². The minimum absolute atomic E-state index is 0.224. The van der Waals surface area contributed by atoms with Crippen molar-refractivity contribution >= 4 is 35.3 Å². The number of nitrogens with one attached hydrogen (secondary N) is 1. The summed E-state index contributed by atoms with van der Waals surface area (Å²) in [5.74, 6) is -0.235. The van der Waals surface area contributed by atoms with E-state index in [1.54, 1.807) is 45.0 Å². The molecule has 24 heavy (non-hydrogen) atoms. The summed E-state index contributed by atoms with van der Waals surface area (Å²) < 4.78 is 14.0. The number of benzene rings is 2. The van der Waals surface area contributed by atoms with Crippen molar-refractivity contribution < 1.29 is 9.36 Å². The van der Waals surface area contributed by atoms with Crippen LogP contribution in [0.4, 0.5) is 0 Å². The number of rotatable bonds is 4. The molecule has 126 valence electrons. The molecule has 0 saturated heterocycles. The molecule has 0 fully saturated rings. The van der Waals surface area contributed by atoms with Crippen LogP contribution in [0.1, 0.15) is 20.8 Å². The molecule has 3 nitrogen and oxygen atoms in total. The van der Waals surface area contributed by atoms with Crippen molar-refractivity contribution in [1.82, 2.24) is 5.32 Å². The van der Waals surface area contributed by atoms with Gasteiger partial charge in [0, 0.05) is 21.6 Å². The van der Waals surface area contributed by atoms with Gasteiger partial charge in [-0.15, -0.1) is 0 Å². The molecule has 0 atom stereocenters. The molecule has 0 aliphatic heterocycles. The average Bonchev–Trinajstić information content (AvgIpc) is 2.59. The molecule has 0 aliphatic carbocycles. The monoisotopic (exact) mass is 361 g/mol. The molecule has 0 bridgehead atoms. The molecule has 0 heterocycles. The lowest BCUT2D eigenvalue weighted by Gasteiger charge is -2.25. The molecule has 1 N–H and O–H groups in total. The van der Waals surface area contributed by atoms with Gasteiger partial charge in [-0.3, -0.25) is 4.79 Å². The predicted molar refractivity (Wildman–Crippen MR) is 101 cm³/mol. The van der Waals surface area contributed by atoms with E-state index in [9.17, 15) is 9.36 Å². The third-order valence-corrected chi connectivity index (χ3v) is 6.95. The second-order valence-electron chi connectivity index (χ2n) is 6.48. The Morgan fingerprint density at radius 1 is 0.958 bits per heavy atom. The van der Waals surface area contributed by atoms with Gasteiger partial charge in [0.1, 0.15) is 0 Å². The topological polar surface area (TPSA) is 46.2 Å². The van der Waals surface area contributed by atoms with Crippen molar-refractivity contribution in [3.63, 3.8) is 0 Å². The summed E-state index contributed by atoms with van der Waals surface area (Å²) in [6, 6.07) is 18.2. The molecule has 0 aromatic heterocycles. The second kappa shape index (κ2) is 7.38. The Balaban J connectivity index is 2.59. The van der Waals surface area contributed by atoms with Crippen molar-refractivity contribution in [1.29, 1.82) is 0 Å². The molecule has 0 spiro atoms. The lowest BCUT2D eigenvalue weighted by Crippen LogP contribution is -2.36. The molecule has 0 radical (unpaired) electrons. The maximum atomic E-state index is 14.0. The molecule has 2 aromatic rings. The van der Waals surface area contributed by atoms with Gasteiger partial charge in [-0.05, 0) is 0 Å². The normalized spacial score (nSPS) is 12.8. The first-order chi connectivity index (χ1) is 11.3. The lowest BCUT2D eigenvalue weighted by atomic mass is 9.96. The van der Waals surface area contributed by atoms with Crippen molar-refractivity contribution in [3.05, 3.63) is 71.6 Å². The minimum atomic E-state index is -3.26. The van der Waals surface area contributed by atoms with Crippen LogP contribution in [-0.2, 0) is 9.36 Å². The molecular weight excluding hydrogens is 341 g/mol. The van der Waals surface area contributed by atoms with Crippen LogP contribution in [0.2, 0.25) is 0 Å². The SMILES string of the molecule is CC(C)(C)C(=O)N/C(=C\Cl)P(=O)(c1ccccc1)c1ccccc1. The lowest BCUT2D eigenvalue weighted by molar-refractivity contribution is -0.127. The van der Waals surface area contributed by atoms with E-state index < -0.39 is 12.6 Å². The number of hydrogen-bond donors (Lipinski definition) is 1. The second-order valence-corrected chi connectivity index (χ2v) is 9.43. The summed E-state index contributed by atoms with van der Waals surface area (Å²) >= 11 is 6.00. The van der Waals surface area contributed by atoms with E-state index in [4.69, 9.17) is 11.6 Å². The summed E-state index contributed by atoms with van der Waals surface area (Å²) in [4.78, 5) is 12.4. The van der Waals surface area contributed by atoms with Gasteiger partial charge in [-0.2, -0.15) is 0 Å².